The Kier molecular flexibility index (Phi) is 4.12. The summed E-state index contributed by atoms with van der Waals surface area (Å²) < 4.78 is 5.32. The van der Waals surface area contributed by atoms with Crippen molar-refractivity contribution in [1.29, 1.82) is 0 Å². The van der Waals surface area contributed by atoms with Gasteiger partial charge in [-0.05, 0) is 18.1 Å². The Morgan fingerprint density at radius 2 is 2.25 bits per heavy atom. The molecule has 108 valence electrons. The van der Waals surface area contributed by atoms with Crippen molar-refractivity contribution in [2.24, 2.45) is 5.92 Å². The Labute approximate surface area is 117 Å². The van der Waals surface area contributed by atoms with Crippen LogP contribution in [0.3, 0.4) is 0 Å². The molecule has 0 aromatic heterocycles. The lowest BCUT2D eigenvalue weighted by atomic mass is 10.2. The van der Waals surface area contributed by atoms with Gasteiger partial charge in [-0.1, -0.05) is 19.9 Å². The minimum absolute atomic E-state index is 0.0455. The number of nitrogen functional groups attached to an aromatic ring is 1. The van der Waals surface area contributed by atoms with Crippen molar-refractivity contribution >= 4 is 23.2 Å². The number of nitrogens with zero attached hydrogens (tertiary/aromatic N) is 1. The lowest BCUT2D eigenvalue weighted by Crippen LogP contribution is -2.46. The highest BCUT2D eigenvalue weighted by atomic mass is 16.5. The van der Waals surface area contributed by atoms with E-state index in [-0.39, 0.29) is 25.0 Å². The van der Waals surface area contributed by atoms with E-state index in [1.165, 1.54) is 4.90 Å². The number of rotatable bonds is 4. The zero-order valence-electron chi connectivity index (χ0n) is 11.7. The third-order valence-corrected chi connectivity index (χ3v) is 2.96. The minimum Gasteiger partial charge on any atom is -0.481 e. The van der Waals surface area contributed by atoms with Gasteiger partial charge in [0.05, 0.1) is 5.69 Å². The fourth-order valence-corrected chi connectivity index (χ4v) is 1.97. The van der Waals surface area contributed by atoms with E-state index in [0.29, 0.717) is 29.6 Å². The summed E-state index contributed by atoms with van der Waals surface area (Å²) in [5.41, 5.74) is 6.79. The third kappa shape index (κ3) is 3.01. The van der Waals surface area contributed by atoms with E-state index in [1.54, 1.807) is 18.2 Å². The van der Waals surface area contributed by atoms with Gasteiger partial charge in [-0.15, -0.1) is 0 Å². The number of para-hydroxylation sites is 1. The quantitative estimate of drug-likeness (QED) is 0.796. The Morgan fingerprint density at radius 3 is 2.95 bits per heavy atom. The maximum Gasteiger partial charge on any atom is 0.265 e. The average Bonchev–Trinajstić information content (AvgIpc) is 2.40. The fourth-order valence-electron chi connectivity index (χ4n) is 1.97. The molecule has 0 radical (unpaired) electrons. The van der Waals surface area contributed by atoms with Crippen molar-refractivity contribution in [3.8, 4) is 5.75 Å². The molecular weight excluding hydrogens is 258 g/mol. The van der Waals surface area contributed by atoms with Crippen LogP contribution in [0.1, 0.15) is 13.8 Å². The van der Waals surface area contributed by atoms with Crippen molar-refractivity contribution in [1.82, 2.24) is 5.32 Å². The molecule has 0 atom stereocenters. The first-order chi connectivity index (χ1) is 9.49. The van der Waals surface area contributed by atoms with Crippen LogP contribution in [0.25, 0.3) is 0 Å². The number of carbonyl (C=O) groups is 2. The third-order valence-electron chi connectivity index (χ3n) is 2.96. The number of fused-ring (bicyclic) bond motifs is 1. The standard InChI is InChI=1S/C14H19N3O3/c1-9(2)6-16-12(18)7-17-13(19)8-20-11-5-3-4-10(15)14(11)17/h3-5,9H,6-8,15H2,1-2H3,(H,16,18). The normalized spacial score (nSPS) is 13.9. The Hall–Kier alpha value is -2.24. The predicted octanol–water partition coefficient (Wildman–Crippen LogP) is 0.766. The average molecular weight is 277 g/mol. The lowest BCUT2D eigenvalue weighted by molar-refractivity contribution is -0.125. The van der Waals surface area contributed by atoms with Crippen LogP contribution in [-0.2, 0) is 9.59 Å². The van der Waals surface area contributed by atoms with Gasteiger partial charge in [0.25, 0.3) is 5.91 Å². The van der Waals surface area contributed by atoms with Crippen LogP contribution in [0.4, 0.5) is 11.4 Å². The van der Waals surface area contributed by atoms with Gasteiger partial charge in [0.1, 0.15) is 18.0 Å². The number of nitrogens with two attached hydrogens (primary N) is 1. The maximum atomic E-state index is 11.9. The number of amides is 2. The van der Waals surface area contributed by atoms with E-state index in [0.717, 1.165) is 0 Å². The van der Waals surface area contributed by atoms with Gasteiger partial charge in [0, 0.05) is 6.54 Å². The largest absolute Gasteiger partial charge is 0.481 e. The Morgan fingerprint density at radius 1 is 1.50 bits per heavy atom. The van der Waals surface area contributed by atoms with Crippen LogP contribution < -0.4 is 20.7 Å². The number of anilines is 2. The van der Waals surface area contributed by atoms with E-state index >= 15 is 0 Å². The molecule has 1 aliphatic heterocycles. The summed E-state index contributed by atoms with van der Waals surface area (Å²) in [6, 6.07) is 5.16. The molecule has 0 fully saturated rings. The van der Waals surface area contributed by atoms with Crippen LogP contribution in [0.2, 0.25) is 0 Å². The van der Waals surface area contributed by atoms with Gasteiger partial charge in [-0.2, -0.15) is 0 Å². The van der Waals surface area contributed by atoms with Crippen molar-refractivity contribution < 1.29 is 14.3 Å². The van der Waals surface area contributed by atoms with Crippen molar-refractivity contribution in [3.05, 3.63) is 18.2 Å². The van der Waals surface area contributed by atoms with E-state index in [2.05, 4.69) is 5.32 Å². The molecule has 20 heavy (non-hydrogen) atoms. The van der Waals surface area contributed by atoms with Crippen LogP contribution in [0.15, 0.2) is 18.2 Å². The van der Waals surface area contributed by atoms with Crippen LogP contribution in [0, 0.1) is 5.92 Å². The first-order valence-electron chi connectivity index (χ1n) is 6.57. The highest BCUT2D eigenvalue weighted by molar-refractivity contribution is 6.04. The molecule has 0 saturated heterocycles. The summed E-state index contributed by atoms with van der Waals surface area (Å²) in [6.07, 6.45) is 0. The summed E-state index contributed by atoms with van der Waals surface area (Å²) in [5.74, 6) is 0.413. The molecule has 2 rings (SSSR count). The number of carbonyl (C=O) groups excluding carboxylic acids is 2. The summed E-state index contributed by atoms with van der Waals surface area (Å²) in [5, 5.41) is 2.79. The highest BCUT2D eigenvalue weighted by Gasteiger charge is 2.28. The molecule has 0 aliphatic carbocycles. The molecule has 1 aromatic carbocycles. The second kappa shape index (κ2) is 5.81. The molecular formula is C14H19N3O3. The summed E-state index contributed by atoms with van der Waals surface area (Å²) in [6.45, 7) is 4.47. The Balaban J connectivity index is 2.15. The first kappa shape index (κ1) is 14.2. The molecule has 1 heterocycles. The van der Waals surface area contributed by atoms with Crippen LogP contribution in [-0.4, -0.2) is 31.5 Å². The maximum absolute atomic E-state index is 11.9. The monoisotopic (exact) mass is 277 g/mol. The van der Waals surface area contributed by atoms with E-state index in [4.69, 9.17) is 10.5 Å². The van der Waals surface area contributed by atoms with E-state index < -0.39 is 0 Å². The fraction of sp³-hybridized carbons (Fsp3) is 0.429. The van der Waals surface area contributed by atoms with Gasteiger partial charge < -0.3 is 15.8 Å². The Bertz CT molecular complexity index is 528. The molecule has 0 saturated carbocycles. The van der Waals surface area contributed by atoms with Gasteiger partial charge >= 0.3 is 0 Å². The van der Waals surface area contributed by atoms with Crippen LogP contribution in [0.5, 0.6) is 5.75 Å². The predicted molar refractivity (Wildman–Crippen MR) is 76.6 cm³/mol. The van der Waals surface area contributed by atoms with Crippen molar-refractivity contribution in [3.63, 3.8) is 0 Å². The number of hydrogen-bond donors (Lipinski definition) is 2. The number of hydrogen-bond acceptors (Lipinski definition) is 4. The summed E-state index contributed by atoms with van der Waals surface area (Å²) in [7, 11) is 0. The lowest BCUT2D eigenvalue weighted by Gasteiger charge is -2.30. The molecule has 0 unspecified atom stereocenters. The summed E-state index contributed by atoms with van der Waals surface area (Å²) >= 11 is 0. The van der Waals surface area contributed by atoms with Gasteiger partial charge in [-0.3, -0.25) is 14.5 Å². The second-order valence-electron chi connectivity index (χ2n) is 5.16. The first-order valence-corrected chi connectivity index (χ1v) is 6.57. The summed E-state index contributed by atoms with van der Waals surface area (Å²) in [4.78, 5) is 25.2. The van der Waals surface area contributed by atoms with Gasteiger partial charge in [0.2, 0.25) is 5.91 Å². The molecule has 6 heteroatoms. The SMILES string of the molecule is CC(C)CNC(=O)CN1C(=O)COc2cccc(N)c21. The van der Waals surface area contributed by atoms with E-state index in [9.17, 15) is 9.59 Å². The molecule has 2 amide bonds. The molecule has 0 spiro atoms. The minimum atomic E-state index is -0.268. The van der Waals surface area contributed by atoms with Crippen LogP contribution >= 0.6 is 0 Å². The second-order valence-corrected chi connectivity index (χ2v) is 5.16. The number of nitrogens with one attached hydrogen (secondary N) is 1. The molecule has 1 aliphatic rings. The molecule has 6 nitrogen and oxygen atoms in total. The van der Waals surface area contributed by atoms with E-state index in [1.807, 2.05) is 13.8 Å². The molecule has 3 N–H and O–H groups in total. The topological polar surface area (TPSA) is 84.7 Å². The smallest absolute Gasteiger partial charge is 0.265 e. The van der Waals surface area contributed by atoms with Gasteiger partial charge in [-0.25, -0.2) is 0 Å². The van der Waals surface area contributed by atoms with Crippen molar-refractivity contribution in [2.75, 3.05) is 30.3 Å². The zero-order chi connectivity index (χ0) is 14.7. The number of benzene rings is 1. The zero-order valence-corrected chi connectivity index (χ0v) is 11.7. The highest BCUT2D eigenvalue weighted by Crippen LogP contribution is 2.36. The van der Waals surface area contributed by atoms with Gasteiger partial charge in [0.15, 0.2) is 6.61 Å². The number of ether oxygens (including phenoxy) is 1. The van der Waals surface area contributed by atoms with Crippen molar-refractivity contribution in [2.45, 2.75) is 13.8 Å². The molecule has 0 bridgehead atoms. The molecule has 1 aromatic rings.